The number of carboxylic acid groups (broad SMARTS) is 1. The summed E-state index contributed by atoms with van der Waals surface area (Å²) in [5, 5.41) is 9.35. The van der Waals surface area contributed by atoms with E-state index in [9.17, 15) is 9.90 Å². The second kappa shape index (κ2) is 4.81. The van der Waals surface area contributed by atoms with Crippen LogP contribution in [0.1, 0.15) is 40.4 Å². The predicted octanol–water partition coefficient (Wildman–Crippen LogP) is 1.80. The van der Waals surface area contributed by atoms with Crippen molar-refractivity contribution in [2.75, 3.05) is 31.2 Å². The maximum absolute atomic E-state index is 11.4. The number of aryl methyl sites for hydroxylation is 1. The van der Waals surface area contributed by atoms with Gasteiger partial charge < -0.3 is 14.7 Å². The number of nitrogens with zero attached hydrogens (tertiary/aromatic N) is 2. The molecule has 0 radical (unpaired) electrons. The van der Waals surface area contributed by atoms with Crippen LogP contribution in [0.2, 0.25) is 0 Å². The molecule has 0 amide bonds. The minimum Gasteiger partial charge on any atom is -0.478 e. The minimum atomic E-state index is -0.861. The van der Waals surface area contributed by atoms with Crippen LogP contribution >= 0.6 is 0 Å². The van der Waals surface area contributed by atoms with Crippen LogP contribution in [0.25, 0.3) is 0 Å². The van der Waals surface area contributed by atoms with Gasteiger partial charge in [0.25, 0.3) is 0 Å². The van der Waals surface area contributed by atoms with E-state index < -0.39 is 5.97 Å². The molecule has 1 saturated carbocycles. The van der Waals surface area contributed by atoms with Gasteiger partial charge in [0.15, 0.2) is 0 Å². The Morgan fingerprint density at radius 2 is 2.11 bits per heavy atom. The van der Waals surface area contributed by atoms with Crippen LogP contribution in [-0.2, 0) is 4.74 Å². The molecule has 0 unspecified atom stereocenters. The van der Waals surface area contributed by atoms with E-state index in [4.69, 9.17) is 4.74 Å². The van der Waals surface area contributed by atoms with Gasteiger partial charge in [-0.25, -0.2) is 9.78 Å². The molecule has 3 rings (SSSR count). The fourth-order valence-electron chi connectivity index (χ4n) is 2.56. The van der Waals surface area contributed by atoms with Crippen molar-refractivity contribution in [3.8, 4) is 0 Å². The van der Waals surface area contributed by atoms with Crippen molar-refractivity contribution in [1.29, 1.82) is 0 Å². The number of morpholine rings is 1. The van der Waals surface area contributed by atoms with E-state index >= 15 is 0 Å². The Labute approximate surface area is 112 Å². The lowest BCUT2D eigenvalue weighted by Gasteiger charge is -2.28. The molecule has 1 saturated heterocycles. The summed E-state index contributed by atoms with van der Waals surface area (Å²) in [7, 11) is 0. The molecule has 1 aliphatic carbocycles. The van der Waals surface area contributed by atoms with Gasteiger partial charge in [-0.15, -0.1) is 0 Å². The lowest BCUT2D eigenvalue weighted by molar-refractivity contribution is 0.0694. The summed E-state index contributed by atoms with van der Waals surface area (Å²) in [5.41, 5.74) is 1.99. The average Bonchev–Trinajstić information content (AvgIpc) is 3.22. The first kappa shape index (κ1) is 12.4. The van der Waals surface area contributed by atoms with Crippen molar-refractivity contribution in [2.24, 2.45) is 0 Å². The molecule has 1 aromatic heterocycles. The predicted molar refractivity (Wildman–Crippen MR) is 70.9 cm³/mol. The molecule has 1 aromatic rings. The highest BCUT2D eigenvalue weighted by molar-refractivity contribution is 5.91. The molecule has 1 N–H and O–H groups in total. The lowest BCUT2D eigenvalue weighted by atomic mass is 10.0. The second-order valence-electron chi connectivity index (χ2n) is 5.24. The van der Waals surface area contributed by atoms with Crippen molar-refractivity contribution in [3.63, 3.8) is 0 Å². The highest BCUT2D eigenvalue weighted by Gasteiger charge is 2.31. The molecule has 5 nitrogen and oxygen atoms in total. The summed E-state index contributed by atoms with van der Waals surface area (Å²) in [6.07, 6.45) is 2.11. The second-order valence-corrected chi connectivity index (χ2v) is 5.24. The maximum atomic E-state index is 11.4. The molecule has 2 heterocycles. The molecule has 1 aliphatic heterocycles. The summed E-state index contributed by atoms with van der Waals surface area (Å²) in [6, 6.07) is 1.89. The summed E-state index contributed by atoms with van der Waals surface area (Å²) in [6.45, 7) is 4.92. The number of hydrogen-bond acceptors (Lipinski definition) is 4. The molecule has 19 heavy (non-hydrogen) atoms. The van der Waals surface area contributed by atoms with Gasteiger partial charge in [-0.3, -0.25) is 0 Å². The van der Waals surface area contributed by atoms with Gasteiger partial charge >= 0.3 is 5.97 Å². The summed E-state index contributed by atoms with van der Waals surface area (Å²) in [5.74, 6) is 0.374. The third-order valence-corrected chi connectivity index (χ3v) is 3.74. The number of aromatic nitrogens is 1. The van der Waals surface area contributed by atoms with E-state index in [1.165, 1.54) is 0 Å². The molecule has 0 atom stereocenters. The first-order chi connectivity index (χ1) is 9.16. The Bertz CT molecular complexity index is 506. The highest BCUT2D eigenvalue weighted by atomic mass is 16.5. The summed E-state index contributed by atoms with van der Waals surface area (Å²) >= 11 is 0. The van der Waals surface area contributed by atoms with Crippen LogP contribution < -0.4 is 4.90 Å². The van der Waals surface area contributed by atoms with Crippen molar-refractivity contribution < 1.29 is 14.6 Å². The van der Waals surface area contributed by atoms with E-state index in [-0.39, 0.29) is 0 Å². The summed E-state index contributed by atoms with van der Waals surface area (Å²) in [4.78, 5) is 18.2. The van der Waals surface area contributed by atoms with Gasteiger partial charge in [0.1, 0.15) is 5.82 Å². The largest absolute Gasteiger partial charge is 0.478 e. The third kappa shape index (κ3) is 2.42. The van der Waals surface area contributed by atoms with E-state index in [1.807, 2.05) is 13.0 Å². The maximum Gasteiger partial charge on any atom is 0.337 e. The molecular formula is C14H18N2O3. The fraction of sp³-hybridized carbons (Fsp3) is 0.571. The van der Waals surface area contributed by atoms with Crippen molar-refractivity contribution >= 4 is 11.8 Å². The highest BCUT2D eigenvalue weighted by Crippen LogP contribution is 2.42. The lowest BCUT2D eigenvalue weighted by Crippen LogP contribution is -2.37. The quantitative estimate of drug-likeness (QED) is 0.900. The molecule has 0 bridgehead atoms. The van der Waals surface area contributed by atoms with Crippen LogP contribution in [0.15, 0.2) is 6.07 Å². The zero-order valence-corrected chi connectivity index (χ0v) is 11.1. The van der Waals surface area contributed by atoms with Gasteiger partial charge in [0.05, 0.1) is 24.5 Å². The fourth-order valence-corrected chi connectivity index (χ4v) is 2.56. The molecule has 2 fully saturated rings. The number of pyridine rings is 1. The number of rotatable bonds is 3. The van der Waals surface area contributed by atoms with E-state index in [1.54, 1.807) is 0 Å². The van der Waals surface area contributed by atoms with E-state index in [0.717, 1.165) is 43.0 Å². The Morgan fingerprint density at radius 1 is 1.42 bits per heavy atom. The number of carboxylic acids is 1. The van der Waals surface area contributed by atoms with E-state index in [2.05, 4.69) is 9.88 Å². The first-order valence-electron chi connectivity index (χ1n) is 6.74. The van der Waals surface area contributed by atoms with Gasteiger partial charge in [-0.1, -0.05) is 0 Å². The minimum absolute atomic E-state index is 0.339. The normalized spacial score (nSPS) is 19.5. The molecule has 0 aromatic carbocycles. The number of ether oxygens (including phenoxy) is 1. The van der Waals surface area contributed by atoms with Gasteiger partial charge in [0, 0.05) is 19.0 Å². The zero-order chi connectivity index (χ0) is 13.4. The number of hydrogen-bond donors (Lipinski definition) is 1. The summed E-state index contributed by atoms with van der Waals surface area (Å²) < 4.78 is 5.34. The average molecular weight is 262 g/mol. The Balaban J connectivity index is 2.00. The monoisotopic (exact) mass is 262 g/mol. The standard InChI is InChI=1S/C14H18N2O3/c1-9-8-11(16-4-6-19-7-5-16)15-13(10-2-3-10)12(9)14(17)18/h8,10H,2-7H2,1H3,(H,17,18). The van der Waals surface area contributed by atoms with Gasteiger partial charge in [-0.05, 0) is 31.4 Å². The van der Waals surface area contributed by atoms with Crippen LogP contribution in [-0.4, -0.2) is 42.4 Å². The topological polar surface area (TPSA) is 62.7 Å². The molecule has 0 spiro atoms. The third-order valence-electron chi connectivity index (χ3n) is 3.74. The first-order valence-corrected chi connectivity index (χ1v) is 6.74. The number of anilines is 1. The van der Waals surface area contributed by atoms with Crippen LogP contribution in [0.4, 0.5) is 5.82 Å². The van der Waals surface area contributed by atoms with Crippen LogP contribution in [0, 0.1) is 6.92 Å². The number of carbonyl (C=O) groups is 1. The van der Waals surface area contributed by atoms with Crippen molar-refractivity contribution in [3.05, 3.63) is 22.9 Å². The smallest absolute Gasteiger partial charge is 0.337 e. The van der Waals surface area contributed by atoms with Crippen molar-refractivity contribution in [1.82, 2.24) is 4.98 Å². The Hall–Kier alpha value is -1.62. The molecule has 2 aliphatic rings. The van der Waals surface area contributed by atoms with Crippen molar-refractivity contribution in [2.45, 2.75) is 25.7 Å². The Morgan fingerprint density at radius 3 is 2.68 bits per heavy atom. The Kier molecular flexibility index (Phi) is 3.14. The zero-order valence-electron chi connectivity index (χ0n) is 11.1. The number of aromatic carboxylic acids is 1. The SMILES string of the molecule is Cc1cc(N2CCOCC2)nc(C2CC2)c1C(=O)O. The molecular weight excluding hydrogens is 244 g/mol. The van der Waals surface area contributed by atoms with E-state index in [0.29, 0.717) is 24.7 Å². The van der Waals surface area contributed by atoms with Gasteiger partial charge in [-0.2, -0.15) is 0 Å². The van der Waals surface area contributed by atoms with Crippen LogP contribution in [0.3, 0.4) is 0 Å². The van der Waals surface area contributed by atoms with Gasteiger partial charge in [0.2, 0.25) is 0 Å². The molecule has 5 heteroatoms. The van der Waals surface area contributed by atoms with Crippen LogP contribution in [0.5, 0.6) is 0 Å². The molecule has 102 valence electrons.